The maximum absolute atomic E-state index is 12.4. The van der Waals surface area contributed by atoms with Crippen molar-refractivity contribution in [1.29, 1.82) is 0 Å². The summed E-state index contributed by atoms with van der Waals surface area (Å²) >= 11 is 0. The highest BCUT2D eigenvalue weighted by Gasteiger charge is 2.33. The van der Waals surface area contributed by atoms with E-state index in [2.05, 4.69) is 9.97 Å². The van der Waals surface area contributed by atoms with E-state index in [0.717, 1.165) is 12.8 Å². The second-order valence-electron chi connectivity index (χ2n) is 4.58. The molecule has 1 aromatic rings. The van der Waals surface area contributed by atoms with Gasteiger partial charge in [-0.15, -0.1) is 0 Å². The van der Waals surface area contributed by atoms with Crippen LogP contribution in [0, 0.1) is 0 Å². The van der Waals surface area contributed by atoms with E-state index in [1.165, 1.54) is 22.9 Å². The molecule has 2 atom stereocenters. The minimum Gasteiger partial charge on any atom is -0.327 e. The van der Waals surface area contributed by atoms with Crippen molar-refractivity contribution in [1.82, 2.24) is 14.3 Å². The lowest BCUT2D eigenvalue weighted by molar-refractivity contribution is 0.313. The number of hydrogen-bond donors (Lipinski definition) is 1. The molecular weight excluding hydrogens is 252 g/mol. The van der Waals surface area contributed by atoms with Gasteiger partial charge in [-0.1, -0.05) is 0 Å². The molecule has 0 aromatic carbocycles. The van der Waals surface area contributed by atoms with Gasteiger partial charge in [0.05, 0.1) is 5.69 Å². The summed E-state index contributed by atoms with van der Waals surface area (Å²) in [6.45, 7) is 2.58. The van der Waals surface area contributed by atoms with Crippen LogP contribution in [0.1, 0.15) is 30.7 Å². The molecule has 0 unspecified atom stereocenters. The summed E-state index contributed by atoms with van der Waals surface area (Å²) in [6.07, 6.45) is 6.22. The first kappa shape index (κ1) is 13.4. The van der Waals surface area contributed by atoms with E-state index < -0.39 is 15.3 Å². The van der Waals surface area contributed by atoms with Gasteiger partial charge < -0.3 is 5.73 Å². The largest absolute Gasteiger partial charge is 0.327 e. The van der Waals surface area contributed by atoms with E-state index in [0.29, 0.717) is 18.8 Å². The fourth-order valence-corrected chi connectivity index (χ4v) is 3.76. The van der Waals surface area contributed by atoms with Gasteiger partial charge in [-0.25, -0.2) is 8.42 Å². The van der Waals surface area contributed by atoms with Gasteiger partial charge in [-0.3, -0.25) is 9.97 Å². The summed E-state index contributed by atoms with van der Waals surface area (Å²) in [5, 5.41) is -0.684. The molecule has 1 fully saturated rings. The molecule has 0 amide bonds. The number of piperidine rings is 1. The van der Waals surface area contributed by atoms with Crippen molar-refractivity contribution >= 4 is 10.0 Å². The molecule has 0 saturated carbocycles. The van der Waals surface area contributed by atoms with Gasteiger partial charge in [0.15, 0.2) is 0 Å². The van der Waals surface area contributed by atoms with Crippen LogP contribution in [0.3, 0.4) is 0 Å². The average Bonchev–Trinajstić information content (AvgIpc) is 2.39. The normalized spacial score (nSPS) is 23.8. The van der Waals surface area contributed by atoms with Crippen molar-refractivity contribution in [2.75, 3.05) is 13.1 Å². The van der Waals surface area contributed by atoms with Crippen molar-refractivity contribution in [2.24, 2.45) is 5.73 Å². The third kappa shape index (κ3) is 2.68. The molecule has 0 bridgehead atoms. The number of nitrogens with zero attached hydrogens (tertiary/aromatic N) is 3. The third-order valence-electron chi connectivity index (χ3n) is 3.23. The van der Waals surface area contributed by atoms with Gasteiger partial charge in [0, 0.05) is 37.7 Å². The fraction of sp³-hybridized carbons (Fsp3) is 0.636. The lowest BCUT2D eigenvalue weighted by atomic mass is 10.1. The Balaban J connectivity index is 2.20. The Bertz CT molecular complexity index is 491. The van der Waals surface area contributed by atoms with Gasteiger partial charge in [0.2, 0.25) is 10.0 Å². The van der Waals surface area contributed by atoms with Crippen LogP contribution in [0.5, 0.6) is 0 Å². The second kappa shape index (κ2) is 5.29. The monoisotopic (exact) mass is 270 g/mol. The van der Waals surface area contributed by atoms with Crippen molar-refractivity contribution in [3.63, 3.8) is 0 Å². The van der Waals surface area contributed by atoms with E-state index >= 15 is 0 Å². The maximum atomic E-state index is 12.4. The molecule has 2 heterocycles. The van der Waals surface area contributed by atoms with Gasteiger partial charge in [0.1, 0.15) is 5.25 Å². The van der Waals surface area contributed by atoms with E-state index in [9.17, 15) is 8.42 Å². The van der Waals surface area contributed by atoms with Crippen molar-refractivity contribution < 1.29 is 8.42 Å². The predicted molar refractivity (Wildman–Crippen MR) is 68.1 cm³/mol. The molecule has 1 aliphatic heterocycles. The molecule has 1 saturated heterocycles. The van der Waals surface area contributed by atoms with Crippen molar-refractivity contribution in [3.8, 4) is 0 Å². The van der Waals surface area contributed by atoms with Crippen LogP contribution < -0.4 is 5.73 Å². The van der Waals surface area contributed by atoms with Gasteiger partial charge in [-0.2, -0.15) is 4.31 Å². The summed E-state index contributed by atoms with van der Waals surface area (Å²) in [4.78, 5) is 7.97. The number of rotatable bonds is 3. The zero-order valence-corrected chi connectivity index (χ0v) is 11.2. The second-order valence-corrected chi connectivity index (χ2v) is 6.83. The Morgan fingerprint density at radius 2 is 2.28 bits per heavy atom. The molecule has 2 N–H and O–H groups in total. The van der Waals surface area contributed by atoms with E-state index in [4.69, 9.17) is 5.73 Å². The highest BCUT2D eigenvalue weighted by atomic mass is 32.2. The predicted octanol–water partition coefficient (Wildman–Crippen LogP) is 0.291. The Hall–Kier alpha value is -1.05. The van der Waals surface area contributed by atoms with Crippen molar-refractivity contribution in [3.05, 3.63) is 24.3 Å². The Kier molecular flexibility index (Phi) is 3.94. The van der Waals surface area contributed by atoms with E-state index in [1.54, 1.807) is 6.92 Å². The summed E-state index contributed by atoms with van der Waals surface area (Å²) in [7, 11) is -3.40. The standard InChI is InChI=1S/C11H18N4O2S/c1-9(11-7-13-4-5-14-11)18(16,17)15-6-2-3-10(12)8-15/h4-5,7,9-10H,2-3,6,8,12H2,1H3/t9-,10-/m0/s1. The highest BCUT2D eigenvalue weighted by molar-refractivity contribution is 7.89. The molecule has 0 radical (unpaired) electrons. The first-order valence-corrected chi connectivity index (χ1v) is 7.52. The molecule has 2 rings (SSSR count). The highest BCUT2D eigenvalue weighted by Crippen LogP contribution is 2.25. The minimum atomic E-state index is -3.40. The summed E-state index contributed by atoms with van der Waals surface area (Å²) in [6, 6.07) is -0.0671. The Morgan fingerprint density at radius 1 is 1.50 bits per heavy atom. The zero-order valence-electron chi connectivity index (χ0n) is 10.4. The number of nitrogens with two attached hydrogens (primary N) is 1. The topological polar surface area (TPSA) is 89.2 Å². The van der Waals surface area contributed by atoms with Gasteiger partial charge >= 0.3 is 0 Å². The first-order chi connectivity index (χ1) is 8.51. The van der Waals surface area contributed by atoms with E-state index in [-0.39, 0.29) is 6.04 Å². The number of aromatic nitrogens is 2. The molecule has 6 nitrogen and oxygen atoms in total. The van der Waals surface area contributed by atoms with E-state index in [1.807, 2.05) is 0 Å². The van der Waals surface area contributed by atoms with Gasteiger partial charge in [0.25, 0.3) is 0 Å². The molecule has 100 valence electrons. The van der Waals surface area contributed by atoms with Crippen LogP contribution in [-0.4, -0.2) is 41.8 Å². The molecule has 7 heteroatoms. The Labute approximate surface area is 107 Å². The first-order valence-electron chi connectivity index (χ1n) is 6.02. The molecule has 1 aliphatic rings. The van der Waals surface area contributed by atoms with Crippen LogP contribution in [0.2, 0.25) is 0 Å². The van der Waals surface area contributed by atoms with Crippen LogP contribution in [0.25, 0.3) is 0 Å². The average molecular weight is 270 g/mol. The van der Waals surface area contributed by atoms with Crippen LogP contribution >= 0.6 is 0 Å². The molecule has 18 heavy (non-hydrogen) atoms. The third-order valence-corrected chi connectivity index (χ3v) is 5.41. The number of hydrogen-bond acceptors (Lipinski definition) is 5. The molecule has 0 spiro atoms. The lowest BCUT2D eigenvalue weighted by Gasteiger charge is -2.31. The smallest absolute Gasteiger partial charge is 0.222 e. The quantitative estimate of drug-likeness (QED) is 0.852. The summed E-state index contributed by atoms with van der Waals surface area (Å²) in [5.74, 6) is 0. The van der Waals surface area contributed by atoms with Gasteiger partial charge in [-0.05, 0) is 19.8 Å². The fourth-order valence-electron chi connectivity index (χ4n) is 2.10. The summed E-state index contributed by atoms with van der Waals surface area (Å²) < 4.78 is 26.3. The SMILES string of the molecule is C[C@@H](c1cnccn1)S(=O)(=O)N1CCC[C@H](N)C1. The van der Waals surface area contributed by atoms with Crippen LogP contribution in [0.4, 0.5) is 0 Å². The number of sulfonamides is 1. The lowest BCUT2D eigenvalue weighted by Crippen LogP contribution is -2.46. The maximum Gasteiger partial charge on any atom is 0.222 e. The van der Waals surface area contributed by atoms with Crippen LogP contribution in [0.15, 0.2) is 18.6 Å². The molecule has 1 aromatic heterocycles. The van der Waals surface area contributed by atoms with Crippen LogP contribution in [-0.2, 0) is 10.0 Å². The molecule has 0 aliphatic carbocycles. The van der Waals surface area contributed by atoms with Crippen molar-refractivity contribution in [2.45, 2.75) is 31.1 Å². The minimum absolute atomic E-state index is 0.0671. The summed E-state index contributed by atoms with van der Waals surface area (Å²) in [5.41, 5.74) is 6.30. The Morgan fingerprint density at radius 3 is 2.89 bits per heavy atom. The molecular formula is C11H18N4O2S. The zero-order chi connectivity index (χ0) is 13.2.